The number of carbonyl (C=O) groups excluding carboxylic acids is 2. The van der Waals surface area contributed by atoms with Crippen molar-refractivity contribution in [2.75, 3.05) is 18.4 Å². The molecule has 5 heteroatoms. The molecular weight excluding hydrogens is 362 g/mol. The molecule has 29 heavy (non-hydrogen) atoms. The van der Waals surface area contributed by atoms with Gasteiger partial charge in [-0.15, -0.1) is 0 Å². The second kappa shape index (κ2) is 10.2. The number of hydrogen-bond acceptors (Lipinski definition) is 3. The number of anilines is 1. The molecule has 0 aromatic heterocycles. The summed E-state index contributed by atoms with van der Waals surface area (Å²) in [6.07, 6.45) is 0. The summed E-state index contributed by atoms with van der Waals surface area (Å²) in [5.41, 5.74) is 3.00. The molecule has 0 aliphatic heterocycles. The fraction of sp³-hybridized carbons (Fsp3) is 0.417. The molecule has 2 aromatic rings. The molecular formula is C24H33N3O2. The minimum absolute atomic E-state index is 0.0830. The lowest BCUT2D eigenvalue weighted by atomic mass is 9.95. The summed E-state index contributed by atoms with van der Waals surface area (Å²) in [5.74, 6) is -0.241. The molecule has 2 rings (SSSR count). The molecule has 0 aliphatic carbocycles. The van der Waals surface area contributed by atoms with E-state index in [9.17, 15) is 9.59 Å². The van der Waals surface area contributed by atoms with Crippen molar-refractivity contribution in [3.05, 3.63) is 65.2 Å². The fourth-order valence-electron chi connectivity index (χ4n) is 2.91. The summed E-state index contributed by atoms with van der Waals surface area (Å²) in [7, 11) is 0. The molecule has 0 aliphatic rings. The molecule has 0 atom stereocenters. The molecule has 5 nitrogen and oxygen atoms in total. The van der Waals surface area contributed by atoms with Gasteiger partial charge in [-0.2, -0.15) is 0 Å². The Kier molecular flexibility index (Phi) is 7.97. The topological polar surface area (TPSA) is 61.4 Å². The van der Waals surface area contributed by atoms with Crippen LogP contribution in [0.4, 0.5) is 5.69 Å². The van der Waals surface area contributed by atoms with Crippen molar-refractivity contribution < 1.29 is 9.59 Å². The third-order valence-corrected chi connectivity index (χ3v) is 4.91. The highest BCUT2D eigenvalue weighted by molar-refractivity contribution is 5.98. The molecule has 0 unspecified atom stereocenters. The normalized spacial score (nSPS) is 11.4. The molecule has 0 saturated carbocycles. The van der Waals surface area contributed by atoms with E-state index in [0.717, 1.165) is 25.2 Å². The van der Waals surface area contributed by atoms with E-state index >= 15 is 0 Å². The van der Waals surface area contributed by atoms with Crippen molar-refractivity contribution in [1.29, 1.82) is 0 Å². The van der Waals surface area contributed by atoms with Crippen molar-refractivity contribution in [1.82, 2.24) is 10.2 Å². The van der Waals surface area contributed by atoms with Gasteiger partial charge in [0.25, 0.3) is 5.91 Å². The van der Waals surface area contributed by atoms with E-state index < -0.39 is 5.41 Å². The average molecular weight is 396 g/mol. The standard InChI is InChI=1S/C24H33N3O2/c1-6-27(7-2)17-20-12-9-8-11-19(20)16-25-22(28)18-13-10-14-21(15-18)26-23(29)24(3,4)5/h8-15H,6-7,16-17H2,1-5H3,(H,25,28)(H,26,29). The van der Waals surface area contributed by atoms with Crippen LogP contribution in [0.15, 0.2) is 48.5 Å². The SMILES string of the molecule is CCN(CC)Cc1ccccc1CNC(=O)c1cccc(NC(=O)C(C)(C)C)c1. The van der Waals surface area contributed by atoms with Gasteiger partial charge < -0.3 is 10.6 Å². The summed E-state index contributed by atoms with van der Waals surface area (Å²) < 4.78 is 0. The largest absolute Gasteiger partial charge is 0.348 e. The van der Waals surface area contributed by atoms with Gasteiger partial charge in [-0.25, -0.2) is 0 Å². The van der Waals surface area contributed by atoms with Gasteiger partial charge in [0.2, 0.25) is 5.91 Å². The lowest BCUT2D eigenvalue weighted by molar-refractivity contribution is -0.123. The summed E-state index contributed by atoms with van der Waals surface area (Å²) >= 11 is 0. The Morgan fingerprint density at radius 3 is 2.21 bits per heavy atom. The summed E-state index contributed by atoms with van der Waals surface area (Å²) in [4.78, 5) is 27.2. The van der Waals surface area contributed by atoms with Crippen molar-refractivity contribution >= 4 is 17.5 Å². The zero-order valence-corrected chi connectivity index (χ0v) is 18.2. The number of hydrogen-bond donors (Lipinski definition) is 2. The van der Waals surface area contributed by atoms with E-state index in [1.165, 1.54) is 5.56 Å². The molecule has 2 amide bonds. The first kappa shape index (κ1) is 22.6. The van der Waals surface area contributed by atoms with Crippen LogP contribution in [0.25, 0.3) is 0 Å². The van der Waals surface area contributed by atoms with Crippen LogP contribution in [0, 0.1) is 5.41 Å². The van der Waals surface area contributed by atoms with E-state index in [1.807, 2.05) is 32.9 Å². The van der Waals surface area contributed by atoms with Crippen LogP contribution in [0.1, 0.15) is 56.1 Å². The molecule has 0 bridgehead atoms. The molecule has 0 spiro atoms. The van der Waals surface area contributed by atoms with Crippen molar-refractivity contribution in [3.8, 4) is 0 Å². The van der Waals surface area contributed by atoms with Crippen LogP contribution < -0.4 is 10.6 Å². The lowest BCUT2D eigenvalue weighted by Crippen LogP contribution is -2.28. The molecule has 2 aromatic carbocycles. The molecule has 0 fully saturated rings. The molecule has 0 heterocycles. The monoisotopic (exact) mass is 395 g/mol. The van der Waals surface area contributed by atoms with Gasteiger partial charge in [0.05, 0.1) is 0 Å². The molecule has 156 valence electrons. The summed E-state index contributed by atoms with van der Waals surface area (Å²) in [6, 6.07) is 15.2. The van der Waals surface area contributed by atoms with E-state index in [-0.39, 0.29) is 11.8 Å². The smallest absolute Gasteiger partial charge is 0.251 e. The zero-order valence-electron chi connectivity index (χ0n) is 18.2. The predicted octanol–water partition coefficient (Wildman–Crippen LogP) is 4.44. The lowest BCUT2D eigenvalue weighted by Gasteiger charge is -2.20. The maximum absolute atomic E-state index is 12.7. The van der Waals surface area contributed by atoms with Gasteiger partial charge in [-0.1, -0.05) is 65.0 Å². The van der Waals surface area contributed by atoms with Gasteiger partial charge in [0.1, 0.15) is 0 Å². The first-order valence-corrected chi connectivity index (χ1v) is 10.2. The third kappa shape index (κ3) is 6.71. The van der Waals surface area contributed by atoms with E-state index in [4.69, 9.17) is 0 Å². The van der Waals surface area contributed by atoms with E-state index in [0.29, 0.717) is 17.8 Å². The van der Waals surface area contributed by atoms with Crippen LogP contribution in [-0.4, -0.2) is 29.8 Å². The number of carbonyl (C=O) groups is 2. The number of nitrogens with one attached hydrogen (secondary N) is 2. The van der Waals surface area contributed by atoms with E-state index in [2.05, 4.69) is 41.5 Å². The quantitative estimate of drug-likeness (QED) is 0.694. The summed E-state index contributed by atoms with van der Waals surface area (Å²) in [6.45, 7) is 13.2. The average Bonchev–Trinajstić information content (AvgIpc) is 2.70. The second-order valence-electron chi connectivity index (χ2n) is 8.20. The van der Waals surface area contributed by atoms with Gasteiger partial charge in [0.15, 0.2) is 0 Å². The zero-order chi connectivity index (χ0) is 21.4. The van der Waals surface area contributed by atoms with Gasteiger partial charge in [-0.05, 0) is 42.4 Å². The minimum Gasteiger partial charge on any atom is -0.348 e. The third-order valence-electron chi connectivity index (χ3n) is 4.91. The van der Waals surface area contributed by atoms with Crippen molar-refractivity contribution in [3.63, 3.8) is 0 Å². The molecule has 0 saturated heterocycles. The molecule has 2 N–H and O–H groups in total. The van der Waals surface area contributed by atoms with Crippen molar-refractivity contribution in [2.45, 2.75) is 47.7 Å². The Hall–Kier alpha value is -2.66. The number of nitrogens with zero attached hydrogens (tertiary/aromatic N) is 1. The Bertz CT molecular complexity index is 836. The first-order chi connectivity index (χ1) is 13.7. The fourth-order valence-corrected chi connectivity index (χ4v) is 2.91. The maximum Gasteiger partial charge on any atom is 0.251 e. The summed E-state index contributed by atoms with van der Waals surface area (Å²) in [5, 5.41) is 5.88. The van der Waals surface area contributed by atoms with Crippen molar-refractivity contribution in [2.24, 2.45) is 5.41 Å². The number of benzene rings is 2. The highest BCUT2D eigenvalue weighted by Gasteiger charge is 2.21. The molecule has 0 radical (unpaired) electrons. The number of rotatable bonds is 8. The Balaban J connectivity index is 2.05. The second-order valence-corrected chi connectivity index (χ2v) is 8.20. The highest BCUT2D eigenvalue weighted by atomic mass is 16.2. The van der Waals surface area contributed by atoms with E-state index in [1.54, 1.807) is 24.3 Å². The van der Waals surface area contributed by atoms with Gasteiger partial charge >= 0.3 is 0 Å². The van der Waals surface area contributed by atoms with Crippen LogP contribution in [-0.2, 0) is 17.9 Å². The highest BCUT2D eigenvalue weighted by Crippen LogP contribution is 2.18. The predicted molar refractivity (Wildman–Crippen MR) is 119 cm³/mol. The van der Waals surface area contributed by atoms with Crippen LogP contribution >= 0.6 is 0 Å². The maximum atomic E-state index is 12.7. The van der Waals surface area contributed by atoms with Crippen LogP contribution in [0.2, 0.25) is 0 Å². The number of amides is 2. The first-order valence-electron chi connectivity index (χ1n) is 10.2. The van der Waals surface area contributed by atoms with Crippen LogP contribution in [0.5, 0.6) is 0 Å². The Morgan fingerprint density at radius 2 is 1.59 bits per heavy atom. The Morgan fingerprint density at radius 1 is 0.931 bits per heavy atom. The van der Waals surface area contributed by atoms with Crippen LogP contribution in [0.3, 0.4) is 0 Å². The minimum atomic E-state index is -0.493. The Labute approximate surface area is 174 Å². The van der Waals surface area contributed by atoms with Gasteiger partial charge in [-0.3, -0.25) is 14.5 Å². The van der Waals surface area contributed by atoms with Gasteiger partial charge in [0, 0.05) is 29.8 Å².